The van der Waals surface area contributed by atoms with Gasteiger partial charge in [0.1, 0.15) is 23.1 Å². The molecule has 5 heteroatoms. The average Bonchev–Trinajstić information content (AvgIpc) is 3.48. The summed E-state index contributed by atoms with van der Waals surface area (Å²) in [4.78, 5) is 12.3. The Hall–Kier alpha value is -3.99. The monoisotopic (exact) mass is 421 g/mol. The zero-order valence-corrected chi connectivity index (χ0v) is 17.8. The summed E-state index contributed by atoms with van der Waals surface area (Å²) in [5.41, 5.74) is 4.84. The minimum absolute atomic E-state index is 0.114. The number of Topliss-reactive ketones (excluding diaryl/α,β-unsaturated/α-hetero) is 1. The zero-order chi connectivity index (χ0) is 21.9. The predicted molar refractivity (Wildman–Crippen MR) is 124 cm³/mol. The van der Waals surface area contributed by atoms with Crippen LogP contribution in [0, 0.1) is 0 Å². The topological polar surface area (TPSA) is 60.9 Å². The highest BCUT2D eigenvalue weighted by Gasteiger charge is 2.32. The summed E-state index contributed by atoms with van der Waals surface area (Å²) in [5.74, 6) is 0.700. The third kappa shape index (κ3) is 3.85. The second-order valence-electron chi connectivity index (χ2n) is 7.99. The van der Waals surface area contributed by atoms with Crippen LogP contribution >= 0.6 is 0 Å². The van der Waals surface area contributed by atoms with Gasteiger partial charge in [0.15, 0.2) is 0 Å². The molecule has 0 aliphatic rings. The highest BCUT2D eigenvalue weighted by molar-refractivity contribution is 5.77. The summed E-state index contributed by atoms with van der Waals surface area (Å²) in [6.45, 7) is 1.63. The van der Waals surface area contributed by atoms with Gasteiger partial charge in [0.05, 0.1) is 11.8 Å². The summed E-state index contributed by atoms with van der Waals surface area (Å²) in [7, 11) is 0. The number of carbonyl (C=O) groups is 1. The number of hydrogen-bond donors (Lipinski definition) is 0. The Kier molecular flexibility index (Phi) is 5.38. The molecule has 0 bridgehead atoms. The molecule has 0 N–H and O–H groups in total. The number of carbonyl (C=O) groups excluding carboxylic acids is 1. The van der Waals surface area contributed by atoms with Gasteiger partial charge in [-0.3, -0.25) is 0 Å². The fourth-order valence-electron chi connectivity index (χ4n) is 4.29. The number of fused-ring (bicyclic) bond motifs is 1. The summed E-state index contributed by atoms with van der Waals surface area (Å²) in [6, 6.07) is 29.8. The lowest BCUT2D eigenvalue weighted by Gasteiger charge is -2.26. The lowest BCUT2D eigenvalue weighted by Crippen LogP contribution is -2.22. The molecule has 0 saturated heterocycles. The van der Waals surface area contributed by atoms with Crippen LogP contribution in [-0.2, 0) is 4.79 Å². The molecule has 0 saturated carbocycles. The predicted octanol–water partition coefficient (Wildman–Crippen LogP) is 6.04. The highest BCUT2D eigenvalue weighted by Crippen LogP contribution is 2.40. The van der Waals surface area contributed by atoms with Gasteiger partial charge in [-0.25, -0.2) is 4.68 Å². The van der Waals surface area contributed by atoms with Crippen molar-refractivity contribution in [3.8, 4) is 11.1 Å². The molecule has 2 heterocycles. The number of aromatic nitrogens is 3. The Morgan fingerprint density at radius 2 is 1.59 bits per heavy atom. The molecule has 0 radical (unpaired) electrons. The first-order chi connectivity index (χ1) is 15.7. The molecule has 0 amide bonds. The van der Waals surface area contributed by atoms with E-state index in [2.05, 4.69) is 34.6 Å². The van der Waals surface area contributed by atoms with E-state index < -0.39 is 0 Å². The largest absolute Gasteiger partial charge is 0.466 e. The number of rotatable bonds is 7. The lowest BCUT2D eigenvalue weighted by atomic mass is 9.85. The number of hydrogen-bond acceptors (Lipinski definition) is 4. The highest BCUT2D eigenvalue weighted by atomic mass is 16.3. The molecule has 158 valence electrons. The molecular formula is C27H23N3O2. The van der Waals surface area contributed by atoms with Crippen LogP contribution in [0.2, 0.25) is 0 Å². The molecule has 2 atom stereocenters. The molecule has 32 heavy (non-hydrogen) atoms. The van der Waals surface area contributed by atoms with Crippen LogP contribution in [-0.4, -0.2) is 20.8 Å². The van der Waals surface area contributed by atoms with Crippen molar-refractivity contribution < 1.29 is 9.21 Å². The normalized spacial score (nSPS) is 13.2. The third-order valence-corrected chi connectivity index (χ3v) is 5.78. The number of para-hydroxylation sites is 1. The van der Waals surface area contributed by atoms with Crippen molar-refractivity contribution in [2.45, 2.75) is 25.3 Å². The van der Waals surface area contributed by atoms with Crippen LogP contribution in [0.1, 0.15) is 36.6 Å². The number of nitrogens with zero attached hydrogens (tertiary/aromatic N) is 3. The van der Waals surface area contributed by atoms with Gasteiger partial charge in [-0.05, 0) is 36.2 Å². The van der Waals surface area contributed by atoms with Crippen LogP contribution in [0.5, 0.6) is 0 Å². The summed E-state index contributed by atoms with van der Waals surface area (Å²) >= 11 is 0. The summed E-state index contributed by atoms with van der Waals surface area (Å²) in [5, 5.41) is 8.87. The van der Waals surface area contributed by atoms with Gasteiger partial charge in [-0.15, -0.1) is 5.10 Å². The molecule has 5 nitrogen and oxygen atoms in total. The van der Waals surface area contributed by atoms with Gasteiger partial charge in [-0.1, -0.05) is 78.0 Å². The van der Waals surface area contributed by atoms with Crippen molar-refractivity contribution >= 4 is 16.8 Å². The first-order valence-corrected chi connectivity index (χ1v) is 10.7. The molecule has 5 aromatic rings. The van der Waals surface area contributed by atoms with Crippen LogP contribution in [0.15, 0.2) is 102 Å². The minimum atomic E-state index is -0.328. The van der Waals surface area contributed by atoms with Crippen molar-refractivity contribution in [2.75, 3.05) is 0 Å². The Morgan fingerprint density at radius 1 is 0.906 bits per heavy atom. The molecule has 5 rings (SSSR count). The standard InChI is InChI=1S/C27H23N3O2/c1-19(31)16-23(21-12-6-3-7-13-21)27(30-25-15-9-8-14-24(25)28-29-30)26-17-22(18-32-26)20-10-4-2-5-11-20/h2-15,17-18,23,27H,16H2,1H3. The van der Waals surface area contributed by atoms with Crippen molar-refractivity contribution in [1.29, 1.82) is 0 Å². The Morgan fingerprint density at radius 3 is 2.34 bits per heavy atom. The smallest absolute Gasteiger partial charge is 0.130 e. The van der Waals surface area contributed by atoms with Gasteiger partial charge < -0.3 is 9.21 Å². The van der Waals surface area contributed by atoms with E-state index in [1.54, 1.807) is 13.2 Å². The van der Waals surface area contributed by atoms with E-state index in [0.717, 1.165) is 33.5 Å². The van der Waals surface area contributed by atoms with Crippen molar-refractivity contribution in [3.05, 3.63) is 109 Å². The maximum absolute atomic E-state index is 12.3. The van der Waals surface area contributed by atoms with Crippen molar-refractivity contribution in [3.63, 3.8) is 0 Å². The number of benzene rings is 3. The van der Waals surface area contributed by atoms with Gasteiger partial charge in [-0.2, -0.15) is 0 Å². The Balaban J connectivity index is 1.69. The summed E-state index contributed by atoms with van der Waals surface area (Å²) < 4.78 is 8.03. The second kappa shape index (κ2) is 8.63. The maximum Gasteiger partial charge on any atom is 0.130 e. The minimum Gasteiger partial charge on any atom is -0.466 e. The Bertz CT molecular complexity index is 1340. The fraction of sp³-hybridized carbons (Fsp3) is 0.148. The average molecular weight is 422 g/mol. The SMILES string of the molecule is CC(=O)CC(c1ccccc1)C(c1cc(-c2ccccc2)co1)n1nnc2ccccc21. The van der Waals surface area contributed by atoms with E-state index in [1.807, 2.05) is 71.4 Å². The molecule has 3 aromatic carbocycles. The van der Waals surface area contributed by atoms with E-state index >= 15 is 0 Å². The summed E-state index contributed by atoms with van der Waals surface area (Å²) in [6.07, 6.45) is 2.14. The van der Waals surface area contributed by atoms with E-state index in [1.165, 1.54) is 0 Å². The first kappa shape index (κ1) is 19.9. The van der Waals surface area contributed by atoms with Gasteiger partial charge in [0, 0.05) is 17.9 Å². The van der Waals surface area contributed by atoms with Gasteiger partial charge >= 0.3 is 0 Å². The fourth-order valence-corrected chi connectivity index (χ4v) is 4.29. The van der Waals surface area contributed by atoms with E-state index in [-0.39, 0.29) is 17.7 Å². The molecular weight excluding hydrogens is 398 g/mol. The quantitative estimate of drug-likeness (QED) is 0.321. The Labute approximate surface area is 186 Å². The lowest BCUT2D eigenvalue weighted by molar-refractivity contribution is -0.117. The van der Waals surface area contributed by atoms with E-state index in [9.17, 15) is 4.79 Å². The molecule has 2 aromatic heterocycles. The molecule has 0 aliphatic heterocycles. The van der Waals surface area contributed by atoms with Crippen LogP contribution in [0.4, 0.5) is 0 Å². The van der Waals surface area contributed by atoms with Crippen LogP contribution in [0.25, 0.3) is 22.2 Å². The van der Waals surface area contributed by atoms with Crippen molar-refractivity contribution in [2.24, 2.45) is 0 Å². The number of ketones is 1. The molecule has 0 spiro atoms. The van der Waals surface area contributed by atoms with E-state index in [4.69, 9.17) is 4.42 Å². The molecule has 0 aliphatic carbocycles. The second-order valence-corrected chi connectivity index (χ2v) is 7.99. The third-order valence-electron chi connectivity index (χ3n) is 5.78. The van der Waals surface area contributed by atoms with Crippen LogP contribution < -0.4 is 0 Å². The van der Waals surface area contributed by atoms with Crippen LogP contribution in [0.3, 0.4) is 0 Å². The van der Waals surface area contributed by atoms with E-state index in [0.29, 0.717) is 6.42 Å². The maximum atomic E-state index is 12.3. The zero-order valence-electron chi connectivity index (χ0n) is 17.8. The first-order valence-electron chi connectivity index (χ1n) is 10.7. The van der Waals surface area contributed by atoms with Gasteiger partial charge in [0.2, 0.25) is 0 Å². The van der Waals surface area contributed by atoms with Crippen molar-refractivity contribution in [1.82, 2.24) is 15.0 Å². The van der Waals surface area contributed by atoms with Gasteiger partial charge in [0.25, 0.3) is 0 Å². The molecule has 2 unspecified atom stereocenters. The number of furan rings is 1. The molecule has 0 fully saturated rings.